The molecule has 0 radical (unpaired) electrons. The number of nitrogens with one attached hydrogen (secondary N) is 1. The summed E-state index contributed by atoms with van der Waals surface area (Å²) in [6, 6.07) is 7.55. The molecule has 0 heterocycles. The van der Waals surface area contributed by atoms with Crippen molar-refractivity contribution in [3.63, 3.8) is 0 Å². The number of ether oxygens (including phenoxy) is 1. The maximum absolute atomic E-state index is 11.7. The zero-order valence-electron chi connectivity index (χ0n) is 10.4. The summed E-state index contributed by atoms with van der Waals surface area (Å²) < 4.78 is 4.83. The third-order valence-corrected chi connectivity index (χ3v) is 2.36. The second-order valence-corrected chi connectivity index (χ2v) is 3.79. The second kappa shape index (κ2) is 6.76. The Morgan fingerprint density at radius 1 is 1.33 bits per heavy atom. The van der Waals surface area contributed by atoms with E-state index in [1.807, 2.05) is 0 Å². The monoisotopic (exact) mass is 251 g/mol. The van der Waals surface area contributed by atoms with Crippen molar-refractivity contribution in [3.8, 4) is 0 Å². The molecule has 2 atom stereocenters. The van der Waals surface area contributed by atoms with E-state index in [0.29, 0.717) is 5.56 Å². The number of aliphatic hydroxyl groups excluding tert-OH is 1. The normalized spacial score (nSPS) is 13.5. The van der Waals surface area contributed by atoms with Crippen LogP contribution >= 0.6 is 0 Å². The molecule has 0 fully saturated rings. The number of benzene rings is 1. The predicted octanol–water partition coefficient (Wildman–Crippen LogP) is 0.788. The number of aliphatic hydroxyl groups is 1. The highest BCUT2D eigenvalue weighted by atomic mass is 16.5. The Morgan fingerprint density at radius 2 is 1.94 bits per heavy atom. The molecule has 1 rings (SSSR count). The number of carbonyl (C=O) groups is 2. The SMILES string of the molecule is CCOC(=O)[C@H](NC(C)=O)[C@@H](O)c1ccccc1. The van der Waals surface area contributed by atoms with Crippen molar-refractivity contribution in [2.45, 2.75) is 26.0 Å². The van der Waals surface area contributed by atoms with E-state index in [9.17, 15) is 14.7 Å². The van der Waals surface area contributed by atoms with Crippen molar-refractivity contribution >= 4 is 11.9 Å². The van der Waals surface area contributed by atoms with Crippen LogP contribution in [0.1, 0.15) is 25.5 Å². The molecule has 0 aliphatic heterocycles. The van der Waals surface area contributed by atoms with Crippen LogP contribution < -0.4 is 5.32 Å². The number of rotatable bonds is 5. The molecule has 5 nitrogen and oxygen atoms in total. The topological polar surface area (TPSA) is 75.6 Å². The number of amides is 1. The molecule has 18 heavy (non-hydrogen) atoms. The Labute approximate surface area is 106 Å². The van der Waals surface area contributed by atoms with Gasteiger partial charge in [-0.1, -0.05) is 30.3 Å². The maximum Gasteiger partial charge on any atom is 0.331 e. The fourth-order valence-corrected chi connectivity index (χ4v) is 1.56. The molecule has 0 aliphatic carbocycles. The predicted molar refractivity (Wildman–Crippen MR) is 65.6 cm³/mol. The number of esters is 1. The summed E-state index contributed by atoms with van der Waals surface area (Å²) in [5.41, 5.74) is 0.546. The molecule has 0 aliphatic rings. The van der Waals surface area contributed by atoms with Gasteiger partial charge in [0.25, 0.3) is 0 Å². The summed E-state index contributed by atoms with van der Waals surface area (Å²) >= 11 is 0. The third-order valence-electron chi connectivity index (χ3n) is 2.36. The maximum atomic E-state index is 11.7. The molecule has 0 bridgehead atoms. The Balaban J connectivity index is 2.88. The van der Waals surface area contributed by atoms with Crippen LogP contribution in [0, 0.1) is 0 Å². The summed E-state index contributed by atoms with van der Waals surface area (Å²) in [6.07, 6.45) is -1.13. The zero-order chi connectivity index (χ0) is 13.5. The zero-order valence-corrected chi connectivity index (χ0v) is 10.4. The van der Waals surface area contributed by atoms with Gasteiger partial charge in [-0.15, -0.1) is 0 Å². The lowest BCUT2D eigenvalue weighted by molar-refractivity contribution is -0.150. The molecule has 5 heteroatoms. The highest BCUT2D eigenvalue weighted by molar-refractivity contribution is 5.83. The number of hydrogen-bond acceptors (Lipinski definition) is 4. The fraction of sp³-hybridized carbons (Fsp3) is 0.385. The summed E-state index contributed by atoms with van der Waals surface area (Å²) in [5.74, 6) is -1.05. The van der Waals surface area contributed by atoms with E-state index in [-0.39, 0.29) is 6.61 Å². The molecule has 0 saturated carbocycles. The van der Waals surface area contributed by atoms with Crippen molar-refractivity contribution in [1.82, 2.24) is 5.32 Å². The Morgan fingerprint density at radius 3 is 2.44 bits per heavy atom. The van der Waals surface area contributed by atoms with Crippen molar-refractivity contribution in [1.29, 1.82) is 0 Å². The lowest BCUT2D eigenvalue weighted by atomic mass is 10.0. The lowest BCUT2D eigenvalue weighted by Crippen LogP contribution is -2.45. The summed E-state index contributed by atoms with van der Waals surface area (Å²) in [5, 5.41) is 12.5. The molecular weight excluding hydrogens is 234 g/mol. The van der Waals surface area contributed by atoms with Crippen molar-refractivity contribution in [3.05, 3.63) is 35.9 Å². The average Bonchev–Trinajstić information content (AvgIpc) is 2.36. The minimum absolute atomic E-state index is 0.191. The van der Waals surface area contributed by atoms with Crippen LogP contribution in [0.4, 0.5) is 0 Å². The number of hydrogen-bond donors (Lipinski definition) is 2. The molecule has 1 amide bonds. The van der Waals surface area contributed by atoms with Gasteiger partial charge >= 0.3 is 5.97 Å². The molecule has 0 saturated heterocycles. The van der Waals surface area contributed by atoms with Crippen LogP contribution in [-0.2, 0) is 14.3 Å². The van der Waals surface area contributed by atoms with E-state index >= 15 is 0 Å². The second-order valence-electron chi connectivity index (χ2n) is 3.79. The molecule has 1 aromatic rings. The van der Waals surface area contributed by atoms with Crippen LogP contribution in [0.15, 0.2) is 30.3 Å². The van der Waals surface area contributed by atoms with Crippen molar-refractivity contribution < 1.29 is 19.4 Å². The molecule has 98 valence electrons. The third kappa shape index (κ3) is 3.85. The highest BCUT2D eigenvalue weighted by Gasteiger charge is 2.29. The molecule has 2 N–H and O–H groups in total. The smallest absolute Gasteiger partial charge is 0.331 e. The van der Waals surface area contributed by atoms with Crippen LogP contribution in [-0.4, -0.2) is 29.6 Å². The Bertz CT molecular complexity index is 405. The van der Waals surface area contributed by atoms with Gasteiger partial charge in [0.1, 0.15) is 6.10 Å². The first-order chi connectivity index (χ1) is 8.56. The first-order valence-electron chi connectivity index (χ1n) is 5.73. The van der Waals surface area contributed by atoms with Crippen molar-refractivity contribution in [2.75, 3.05) is 6.61 Å². The largest absolute Gasteiger partial charge is 0.464 e. The van der Waals surface area contributed by atoms with Crippen molar-refractivity contribution in [2.24, 2.45) is 0 Å². The fourth-order valence-electron chi connectivity index (χ4n) is 1.56. The van der Waals surface area contributed by atoms with Gasteiger partial charge in [-0.25, -0.2) is 4.79 Å². The van der Waals surface area contributed by atoms with Gasteiger partial charge in [-0.3, -0.25) is 4.79 Å². The van der Waals surface area contributed by atoms with Crippen LogP contribution in [0.2, 0.25) is 0 Å². The average molecular weight is 251 g/mol. The van der Waals surface area contributed by atoms with Gasteiger partial charge in [-0.2, -0.15) is 0 Å². The first kappa shape index (κ1) is 14.2. The van der Waals surface area contributed by atoms with E-state index in [2.05, 4.69) is 5.32 Å². The van der Waals surface area contributed by atoms with E-state index < -0.39 is 24.0 Å². The molecule has 0 unspecified atom stereocenters. The number of carbonyl (C=O) groups excluding carboxylic acids is 2. The van der Waals surface area contributed by atoms with Gasteiger partial charge < -0.3 is 15.2 Å². The Kier molecular flexibility index (Phi) is 5.32. The van der Waals surface area contributed by atoms with Gasteiger partial charge in [0, 0.05) is 6.92 Å². The van der Waals surface area contributed by atoms with Gasteiger partial charge in [0.05, 0.1) is 6.61 Å². The van der Waals surface area contributed by atoms with Gasteiger partial charge in [0.15, 0.2) is 6.04 Å². The summed E-state index contributed by atoms with van der Waals surface area (Å²) in [6.45, 7) is 3.14. The molecule has 1 aromatic carbocycles. The molecule has 0 aromatic heterocycles. The van der Waals surface area contributed by atoms with E-state index in [1.165, 1.54) is 6.92 Å². The van der Waals surface area contributed by atoms with Crippen LogP contribution in [0.5, 0.6) is 0 Å². The quantitative estimate of drug-likeness (QED) is 0.759. The summed E-state index contributed by atoms with van der Waals surface area (Å²) in [7, 11) is 0. The highest BCUT2D eigenvalue weighted by Crippen LogP contribution is 2.17. The van der Waals surface area contributed by atoms with Gasteiger partial charge in [-0.05, 0) is 12.5 Å². The van der Waals surface area contributed by atoms with E-state index in [4.69, 9.17) is 4.74 Å². The van der Waals surface area contributed by atoms with E-state index in [0.717, 1.165) is 0 Å². The van der Waals surface area contributed by atoms with Crippen LogP contribution in [0.3, 0.4) is 0 Å². The molecular formula is C13H17NO4. The lowest BCUT2D eigenvalue weighted by Gasteiger charge is -2.22. The standard InChI is InChI=1S/C13H17NO4/c1-3-18-13(17)11(14-9(2)15)12(16)10-7-5-4-6-8-10/h4-8,11-12,16H,3H2,1-2H3,(H,14,15)/t11-,12+/m1/s1. The van der Waals surface area contributed by atoms with E-state index in [1.54, 1.807) is 37.3 Å². The molecule has 0 spiro atoms. The Hall–Kier alpha value is -1.88. The first-order valence-corrected chi connectivity index (χ1v) is 5.73. The summed E-state index contributed by atoms with van der Waals surface area (Å²) in [4.78, 5) is 22.8. The van der Waals surface area contributed by atoms with Crippen LogP contribution in [0.25, 0.3) is 0 Å². The van der Waals surface area contributed by atoms with Gasteiger partial charge in [0.2, 0.25) is 5.91 Å². The minimum atomic E-state index is -1.13. The minimum Gasteiger partial charge on any atom is -0.464 e.